The molecule has 8 nitrogen and oxygen atoms in total. The number of benzene rings is 3. The first-order valence-corrected chi connectivity index (χ1v) is 12.7. The molecule has 182 valence electrons. The first-order chi connectivity index (χ1) is 16.7. The van der Waals surface area contributed by atoms with Gasteiger partial charge in [0.2, 0.25) is 0 Å². The number of anilines is 2. The molecule has 1 fully saturated rings. The van der Waals surface area contributed by atoms with Crippen LogP contribution in [0.3, 0.4) is 0 Å². The Morgan fingerprint density at radius 3 is 2.17 bits per heavy atom. The van der Waals surface area contributed by atoms with Crippen LogP contribution in [-0.2, 0) is 19.1 Å². The first kappa shape index (κ1) is 24.4. The van der Waals surface area contributed by atoms with Gasteiger partial charge in [0.1, 0.15) is 10.9 Å². The molecule has 1 atom stereocenters. The van der Waals surface area contributed by atoms with Crippen molar-refractivity contribution in [2.24, 2.45) is 0 Å². The topological polar surface area (TPSA) is 114 Å². The maximum absolute atomic E-state index is 12.4. The zero-order valence-corrected chi connectivity index (χ0v) is 20.3. The fourth-order valence-electron chi connectivity index (χ4n) is 3.90. The summed E-state index contributed by atoms with van der Waals surface area (Å²) in [6.07, 6.45) is 1.37. The number of rotatable bonds is 6. The second kappa shape index (κ2) is 10.3. The SMILES string of the molecule is Cc1ccc(NC(=O)Nc2ccc(-c3ccc(S(=O)(=O)OC(=O)[C@@H]4CCCN4)cc3)cc2)c(C)c1. The van der Waals surface area contributed by atoms with E-state index in [1.807, 2.05) is 44.2 Å². The van der Waals surface area contributed by atoms with E-state index in [-0.39, 0.29) is 10.9 Å². The highest BCUT2D eigenvalue weighted by Crippen LogP contribution is 2.24. The maximum atomic E-state index is 12.4. The van der Waals surface area contributed by atoms with Crippen LogP contribution in [0.5, 0.6) is 0 Å². The average Bonchev–Trinajstić information content (AvgIpc) is 3.37. The molecule has 0 saturated carbocycles. The number of carbonyl (C=O) groups excluding carboxylic acids is 2. The average molecular weight is 494 g/mol. The summed E-state index contributed by atoms with van der Waals surface area (Å²) in [6, 6.07) is 18.1. The molecule has 0 aromatic heterocycles. The van der Waals surface area contributed by atoms with Gasteiger partial charge in [0.05, 0.1) is 0 Å². The molecule has 0 bridgehead atoms. The predicted molar refractivity (Wildman–Crippen MR) is 135 cm³/mol. The van der Waals surface area contributed by atoms with E-state index >= 15 is 0 Å². The van der Waals surface area contributed by atoms with Crippen LogP contribution in [0.4, 0.5) is 16.2 Å². The Labute approximate surface area is 204 Å². The third-order valence-electron chi connectivity index (χ3n) is 5.79. The van der Waals surface area contributed by atoms with Gasteiger partial charge >= 0.3 is 22.1 Å². The van der Waals surface area contributed by atoms with E-state index in [9.17, 15) is 18.0 Å². The molecule has 0 aliphatic carbocycles. The second-order valence-electron chi connectivity index (χ2n) is 8.50. The van der Waals surface area contributed by atoms with E-state index in [4.69, 9.17) is 4.18 Å². The van der Waals surface area contributed by atoms with E-state index in [1.54, 1.807) is 24.3 Å². The van der Waals surface area contributed by atoms with Gasteiger partial charge in [0.25, 0.3) is 0 Å². The Balaban J connectivity index is 1.38. The van der Waals surface area contributed by atoms with Crippen molar-refractivity contribution in [3.05, 3.63) is 77.9 Å². The van der Waals surface area contributed by atoms with Crippen molar-refractivity contribution in [2.75, 3.05) is 17.2 Å². The first-order valence-electron chi connectivity index (χ1n) is 11.3. The summed E-state index contributed by atoms with van der Waals surface area (Å²) >= 11 is 0. The molecule has 9 heteroatoms. The van der Waals surface area contributed by atoms with E-state index in [2.05, 4.69) is 16.0 Å². The van der Waals surface area contributed by atoms with Crippen LogP contribution in [0, 0.1) is 13.8 Å². The molecular weight excluding hydrogens is 466 g/mol. The van der Waals surface area contributed by atoms with Crippen LogP contribution in [0.2, 0.25) is 0 Å². The number of hydrogen-bond donors (Lipinski definition) is 3. The Kier molecular flexibility index (Phi) is 7.18. The molecule has 0 spiro atoms. The summed E-state index contributed by atoms with van der Waals surface area (Å²) in [4.78, 5) is 24.3. The smallest absolute Gasteiger partial charge is 0.341 e. The third kappa shape index (κ3) is 6.06. The van der Waals surface area contributed by atoms with Crippen LogP contribution >= 0.6 is 0 Å². The normalized spacial score (nSPS) is 15.4. The highest BCUT2D eigenvalue weighted by molar-refractivity contribution is 7.87. The Morgan fingerprint density at radius 1 is 0.914 bits per heavy atom. The third-order valence-corrected chi connectivity index (χ3v) is 7.02. The van der Waals surface area contributed by atoms with Crippen molar-refractivity contribution >= 4 is 33.5 Å². The minimum absolute atomic E-state index is 0.0889. The predicted octanol–water partition coefficient (Wildman–Crippen LogP) is 4.60. The van der Waals surface area contributed by atoms with Gasteiger partial charge in [0, 0.05) is 11.4 Å². The zero-order chi connectivity index (χ0) is 25.0. The van der Waals surface area contributed by atoms with E-state index in [0.29, 0.717) is 18.7 Å². The lowest BCUT2D eigenvalue weighted by atomic mass is 10.1. The van der Waals surface area contributed by atoms with Crippen LogP contribution in [0.15, 0.2) is 71.6 Å². The van der Waals surface area contributed by atoms with Crippen molar-refractivity contribution in [3.8, 4) is 11.1 Å². The molecule has 1 aliphatic heterocycles. The number of carbonyl (C=O) groups is 2. The van der Waals surface area contributed by atoms with Gasteiger partial charge in [0.15, 0.2) is 0 Å². The molecule has 35 heavy (non-hydrogen) atoms. The molecule has 3 aromatic rings. The highest BCUT2D eigenvalue weighted by Gasteiger charge is 2.29. The lowest BCUT2D eigenvalue weighted by Crippen LogP contribution is -2.33. The minimum atomic E-state index is -4.19. The van der Waals surface area contributed by atoms with E-state index < -0.39 is 22.1 Å². The fourth-order valence-corrected chi connectivity index (χ4v) is 4.80. The molecule has 3 aromatic carbocycles. The van der Waals surface area contributed by atoms with E-state index in [0.717, 1.165) is 34.4 Å². The number of aryl methyl sites for hydroxylation is 2. The number of nitrogens with one attached hydrogen (secondary N) is 3. The summed E-state index contributed by atoms with van der Waals surface area (Å²) < 4.78 is 29.7. The number of amides is 2. The Hall–Kier alpha value is -3.69. The van der Waals surface area contributed by atoms with Gasteiger partial charge in [-0.3, -0.25) is 0 Å². The fraction of sp³-hybridized carbons (Fsp3) is 0.231. The lowest BCUT2D eigenvalue weighted by molar-refractivity contribution is -0.135. The van der Waals surface area contributed by atoms with Gasteiger partial charge in [-0.05, 0) is 80.3 Å². The minimum Gasteiger partial charge on any atom is -0.341 e. The standard InChI is InChI=1S/C26H27N3O5S/c1-17-5-14-23(18(2)16-17)29-26(31)28-21-10-6-19(7-11-21)20-8-12-22(13-9-20)35(32,33)34-25(30)24-4-3-15-27-24/h5-14,16,24,27H,3-4,15H2,1-2H3,(H2,28,29,31)/t24-/m0/s1. The molecule has 1 aliphatic rings. The van der Waals surface area contributed by atoms with Crippen molar-refractivity contribution in [3.63, 3.8) is 0 Å². The van der Waals surface area contributed by atoms with Gasteiger partial charge in [-0.25, -0.2) is 9.59 Å². The molecule has 4 rings (SSSR count). The van der Waals surface area contributed by atoms with Crippen LogP contribution in [-0.4, -0.2) is 33.0 Å². The number of hydrogen-bond acceptors (Lipinski definition) is 6. The summed E-state index contributed by atoms with van der Waals surface area (Å²) in [6.45, 7) is 4.60. The highest BCUT2D eigenvalue weighted by atomic mass is 32.2. The van der Waals surface area contributed by atoms with Crippen molar-refractivity contribution < 1.29 is 22.2 Å². The van der Waals surface area contributed by atoms with Crippen molar-refractivity contribution in [1.29, 1.82) is 0 Å². The van der Waals surface area contributed by atoms with Gasteiger partial charge in [-0.2, -0.15) is 8.42 Å². The summed E-state index contributed by atoms with van der Waals surface area (Å²) in [5, 5.41) is 8.56. The molecule has 1 heterocycles. The molecular formula is C26H27N3O5S. The van der Waals surface area contributed by atoms with Crippen LogP contribution < -0.4 is 16.0 Å². The van der Waals surface area contributed by atoms with Crippen LogP contribution in [0.1, 0.15) is 24.0 Å². The quantitative estimate of drug-likeness (QED) is 0.433. The Morgan fingerprint density at radius 2 is 1.57 bits per heavy atom. The molecule has 2 amide bonds. The van der Waals surface area contributed by atoms with Crippen molar-refractivity contribution in [2.45, 2.75) is 37.6 Å². The van der Waals surface area contributed by atoms with Gasteiger partial charge in [-0.15, -0.1) is 0 Å². The van der Waals surface area contributed by atoms with E-state index in [1.165, 1.54) is 12.1 Å². The molecule has 0 radical (unpaired) electrons. The lowest BCUT2D eigenvalue weighted by Gasteiger charge is -2.12. The molecule has 3 N–H and O–H groups in total. The van der Waals surface area contributed by atoms with Crippen molar-refractivity contribution in [1.82, 2.24) is 5.32 Å². The summed E-state index contributed by atoms with van der Waals surface area (Å²) in [5.74, 6) is -0.781. The second-order valence-corrected chi connectivity index (χ2v) is 10.1. The summed E-state index contributed by atoms with van der Waals surface area (Å²) in [5.41, 5.74) is 5.07. The van der Waals surface area contributed by atoms with Crippen LogP contribution in [0.25, 0.3) is 11.1 Å². The van der Waals surface area contributed by atoms with Gasteiger partial charge < -0.3 is 20.1 Å². The monoisotopic (exact) mass is 493 g/mol. The number of urea groups is 1. The molecule has 1 saturated heterocycles. The Bertz CT molecular complexity index is 1330. The van der Waals surface area contributed by atoms with Gasteiger partial charge in [-0.1, -0.05) is 42.0 Å². The zero-order valence-electron chi connectivity index (χ0n) is 19.5. The largest absolute Gasteiger partial charge is 0.341 e. The molecule has 0 unspecified atom stereocenters. The maximum Gasteiger partial charge on any atom is 0.341 e. The summed E-state index contributed by atoms with van der Waals surface area (Å²) in [7, 11) is -4.19.